The van der Waals surface area contributed by atoms with Crippen LogP contribution in [0.15, 0.2) is 36.0 Å². The molecule has 0 aromatic carbocycles. The highest BCUT2D eigenvalue weighted by molar-refractivity contribution is 6.17. The Balaban J connectivity index is 2.70. The van der Waals surface area contributed by atoms with Crippen LogP contribution in [-0.2, 0) is 9.59 Å². The summed E-state index contributed by atoms with van der Waals surface area (Å²) in [4.78, 5) is 21.5. The Labute approximate surface area is 70.5 Å². The van der Waals surface area contributed by atoms with Crippen LogP contribution in [0, 0.1) is 0 Å². The van der Waals surface area contributed by atoms with E-state index in [1.807, 2.05) is 13.0 Å². The molecule has 1 N–H and O–H groups in total. The van der Waals surface area contributed by atoms with Crippen LogP contribution in [0.3, 0.4) is 0 Å². The molecule has 0 radical (unpaired) electrons. The minimum atomic E-state index is -0.347. The molecule has 0 bridgehead atoms. The van der Waals surface area contributed by atoms with Crippen LogP contribution >= 0.6 is 0 Å². The molecule has 1 rings (SSSR count). The number of carbonyl (C=O) groups excluding carboxylic acids is 2. The normalized spacial score (nSPS) is 17.6. The number of rotatable bonds is 2. The minimum absolute atomic E-state index is 0.333. The Morgan fingerprint density at radius 1 is 1.33 bits per heavy atom. The predicted octanol–water partition coefficient (Wildman–Crippen LogP) is 0.701. The summed E-state index contributed by atoms with van der Waals surface area (Å²) in [5.74, 6) is -0.680. The summed E-state index contributed by atoms with van der Waals surface area (Å²) in [6.07, 6.45) is 8.22. The first kappa shape index (κ1) is 8.46. The van der Waals surface area contributed by atoms with E-state index >= 15 is 0 Å². The van der Waals surface area contributed by atoms with Gasteiger partial charge in [-0.25, -0.2) is 0 Å². The SMILES string of the molecule is C/C=C\C=C/C1=CC(=O)NC1=O. The number of nitrogens with one attached hydrogen (secondary N) is 1. The van der Waals surface area contributed by atoms with Crippen molar-refractivity contribution < 1.29 is 9.59 Å². The lowest BCUT2D eigenvalue weighted by Gasteiger charge is -1.87. The molecule has 3 nitrogen and oxygen atoms in total. The molecule has 2 amide bonds. The molecule has 12 heavy (non-hydrogen) atoms. The smallest absolute Gasteiger partial charge is 0.258 e. The molecule has 1 heterocycles. The number of amides is 2. The van der Waals surface area contributed by atoms with E-state index in [0.29, 0.717) is 5.57 Å². The first-order valence-electron chi connectivity index (χ1n) is 3.60. The van der Waals surface area contributed by atoms with Gasteiger partial charge in [0.05, 0.1) is 0 Å². The van der Waals surface area contributed by atoms with Crippen molar-refractivity contribution in [3.05, 3.63) is 36.0 Å². The molecule has 0 unspecified atom stereocenters. The highest BCUT2D eigenvalue weighted by atomic mass is 16.2. The van der Waals surface area contributed by atoms with Crippen LogP contribution in [0.25, 0.3) is 0 Å². The van der Waals surface area contributed by atoms with Crippen LogP contribution in [0.2, 0.25) is 0 Å². The van der Waals surface area contributed by atoms with E-state index in [0.717, 1.165) is 0 Å². The van der Waals surface area contributed by atoms with Crippen LogP contribution in [0.1, 0.15) is 6.92 Å². The van der Waals surface area contributed by atoms with E-state index < -0.39 is 0 Å². The Hall–Kier alpha value is -1.64. The first-order chi connectivity index (χ1) is 5.74. The topological polar surface area (TPSA) is 46.2 Å². The summed E-state index contributed by atoms with van der Waals surface area (Å²) in [5.41, 5.74) is 0.401. The highest BCUT2D eigenvalue weighted by Gasteiger charge is 2.17. The van der Waals surface area contributed by atoms with E-state index in [-0.39, 0.29) is 11.8 Å². The number of imide groups is 1. The maximum absolute atomic E-state index is 10.9. The second-order valence-corrected chi connectivity index (χ2v) is 2.30. The van der Waals surface area contributed by atoms with Gasteiger partial charge in [0.25, 0.3) is 11.8 Å². The molecule has 1 aliphatic heterocycles. The molecule has 0 aliphatic carbocycles. The van der Waals surface area contributed by atoms with Gasteiger partial charge in [0.1, 0.15) is 0 Å². The lowest BCUT2D eigenvalue weighted by Crippen LogP contribution is -2.21. The van der Waals surface area contributed by atoms with Gasteiger partial charge in [-0.15, -0.1) is 0 Å². The van der Waals surface area contributed by atoms with Crippen LogP contribution in [0.5, 0.6) is 0 Å². The van der Waals surface area contributed by atoms with Gasteiger partial charge >= 0.3 is 0 Å². The van der Waals surface area contributed by atoms with Crippen LogP contribution < -0.4 is 5.32 Å². The van der Waals surface area contributed by atoms with Gasteiger partial charge in [-0.1, -0.05) is 18.2 Å². The summed E-state index contributed by atoms with van der Waals surface area (Å²) < 4.78 is 0. The van der Waals surface area contributed by atoms with Gasteiger partial charge in [-0.3, -0.25) is 14.9 Å². The van der Waals surface area contributed by atoms with Crippen LogP contribution in [0.4, 0.5) is 0 Å². The lowest BCUT2D eigenvalue weighted by atomic mass is 10.2. The zero-order valence-corrected chi connectivity index (χ0v) is 6.70. The van der Waals surface area contributed by atoms with Gasteiger partial charge in [0.2, 0.25) is 0 Å². The Kier molecular flexibility index (Phi) is 2.58. The van der Waals surface area contributed by atoms with E-state index in [1.165, 1.54) is 6.08 Å². The van der Waals surface area contributed by atoms with Crippen LogP contribution in [-0.4, -0.2) is 11.8 Å². The minimum Gasteiger partial charge on any atom is -0.289 e. The summed E-state index contributed by atoms with van der Waals surface area (Å²) in [6.45, 7) is 1.87. The van der Waals surface area contributed by atoms with Crippen molar-refractivity contribution in [2.24, 2.45) is 0 Å². The Morgan fingerprint density at radius 2 is 2.08 bits per heavy atom. The quantitative estimate of drug-likeness (QED) is 0.481. The first-order valence-corrected chi connectivity index (χ1v) is 3.60. The van der Waals surface area contributed by atoms with Crippen molar-refractivity contribution in [2.45, 2.75) is 6.92 Å². The highest BCUT2D eigenvalue weighted by Crippen LogP contribution is 2.03. The molecule has 0 saturated carbocycles. The monoisotopic (exact) mass is 163 g/mol. The Morgan fingerprint density at radius 3 is 2.58 bits per heavy atom. The van der Waals surface area contributed by atoms with Crippen molar-refractivity contribution in [1.82, 2.24) is 5.32 Å². The molecule has 0 saturated heterocycles. The molecule has 0 spiro atoms. The maximum atomic E-state index is 10.9. The molecular weight excluding hydrogens is 154 g/mol. The third kappa shape index (κ3) is 1.92. The van der Waals surface area contributed by atoms with Crippen molar-refractivity contribution in [1.29, 1.82) is 0 Å². The predicted molar refractivity (Wildman–Crippen MR) is 45.2 cm³/mol. The molecule has 62 valence electrons. The summed E-state index contributed by atoms with van der Waals surface area (Å²) in [7, 11) is 0. The van der Waals surface area contributed by atoms with Crippen molar-refractivity contribution in [2.75, 3.05) is 0 Å². The molecule has 0 aromatic heterocycles. The molecule has 0 fully saturated rings. The van der Waals surface area contributed by atoms with Crippen molar-refractivity contribution in [3.63, 3.8) is 0 Å². The van der Waals surface area contributed by atoms with Gasteiger partial charge in [0.15, 0.2) is 0 Å². The molecular formula is C9H9NO2. The number of hydrogen-bond acceptors (Lipinski definition) is 2. The van der Waals surface area contributed by atoms with E-state index in [9.17, 15) is 9.59 Å². The fraction of sp³-hybridized carbons (Fsp3) is 0.111. The second-order valence-electron chi connectivity index (χ2n) is 2.30. The number of hydrogen-bond donors (Lipinski definition) is 1. The molecule has 3 heteroatoms. The maximum Gasteiger partial charge on any atom is 0.258 e. The number of carbonyl (C=O) groups is 2. The average molecular weight is 163 g/mol. The third-order valence-corrected chi connectivity index (χ3v) is 1.36. The third-order valence-electron chi connectivity index (χ3n) is 1.36. The van der Waals surface area contributed by atoms with Crippen molar-refractivity contribution >= 4 is 11.8 Å². The zero-order chi connectivity index (χ0) is 8.97. The van der Waals surface area contributed by atoms with Gasteiger partial charge in [-0.2, -0.15) is 0 Å². The largest absolute Gasteiger partial charge is 0.289 e. The molecule has 0 aromatic rings. The van der Waals surface area contributed by atoms with Crippen molar-refractivity contribution in [3.8, 4) is 0 Å². The standard InChI is InChI=1S/C9H9NO2/c1-2-3-4-5-7-6-8(11)10-9(7)12/h2-6H,1H3,(H,10,11,12)/b3-2-,5-4-. The fourth-order valence-corrected chi connectivity index (χ4v) is 0.821. The summed E-state index contributed by atoms with van der Waals surface area (Å²) in [5, 5.41) is 2.15. The molecule has 0 atom stereocenters. The van der Waals surface area contributed by atoms with E-state index in [4.69, 9.17) is 0 Å². The number of allylic oxidation sites excluding steroid dienone is 3. The average Bonchev–Trinajstić information content (AvgIpc) is 2.31. The van der Waals surface area contributed by atoms with E-state index in [1.54, 1.807) is 18.2 Å². The van der Waals surface area contributed by atoms with Gasteiger partial charge < -0.3 is 0 Å². The fourth-order valence-electron chi connectivity index (χ4n) is 0.821. The lowest BCUT2D eigenvalue weighted by molar-refractivity contribution is -0.123. The Bertz CT molecular complexity index is 298. The van der Waals surface area contributed by atoms with Gasteiger partial charge in [0, 0.05) is 11.6 Å². The summed E-state index contributed by atoms with van der Waals surface area (Å²) in [6, 6.07) is 0. The van der Waals surface area contributed by atoms with Gasteiger partial charge in [-0.05, 0) is 13.0 Å². The summed E-state index contributed by atoms with van der Waals surface area (Å²) >= 11 is 0. The zero-order valence-electron chi connectivity index (χ0n) is 6.70. The molecule has 1 aliphatic rings. The van der Waals surface area contributed by atoms with E-state index in [2.05, 4.69) is 5.32 Å². The second kappa shape index (κ2) is 3.67.